The van der Waals surface area contributed by atoms with Gasteiger partial charge < -0.3 is 10.6 Å². The Bertz CT molecular complexity index is 929. The van der Waals surface area contributed by atoms with Crippen molar-refractivity contribution in [2.75, 3.05) is 5.32 Å². The lowest BCUT2D eigenvalue weighted by atomic mass is 9.69. The monoisotopic (exact) mass is 365 g/mol. The van der Waals surface area contributed by atoms with E-state index in [1.54, 1.807) is 24.3 Å². The predicted octanol–water partition coefficient (Wildman–Crippen LogP) is 5.37. The van der Waals surface area contributed by atoms with E-state index in [1.807, 2.05) is 24.3 Å². The van der Waals surface area contributed by atoms with Gasteiger partial charge in [0.2, 0.25) is 0 Å². The number of nitriles is 1. The van der Waals surface area contributed by atoms with E-state index in [1.165, 1.54) is 0 Å². The smallest absolute Gasteiger partial charge is 0.308 e. The van der Waals surface area contributed by atoms with Crippen LogP contribution in [0, 0.1) is 16.7 Å². The molecular weight excluding hydrogens is 346 g/mol. The van der Waals surface area contributed by atoms with Crippen molar-refractivity contribution < 1.29 is 4.79 Å². The van der Waals surface area contributed by atoms with Gasteiger partial charge in [0, 0.05) is 21.7 Å². The number of hydrogen-bond donors (Lipinski definition) is 2. The molecule has 0 aliphatic heterocycles. The first-order valence-corrected chi connectivity index (χ1v) is 8.91. The van der Waals surface area contributed by atoms with Crippen LogP contribution < -0.4 is 10.6 Å². The number of carbonyl (C=O) groups excluding carboxylic acids is 1. The molecule has 5 heteroatoms. The first kappa shape index (κ1) is 18.0. The van der Waals surface area contributed by atoms with E-state index >= 15 is 0 Å². The lowest BCUT2D eigenvalue weighted by Gasteiger charge is -2.35. The highest BCUT2D eigenvalue weighted by Gasteiger charge is 2.36. The van der Waals surface area contributed by atoms with Crippen LogP contribution in [0.4, 0.5) is 10.5 Å². The van der Waals surface area contributed by atoms with E-state index < -0.39 is 6.03 Å². The minimum atomic E-state index is -0.398. The number of nitrogens with one attached hydrogen (secondary N) is 2. The molecular formula is C21H20ClN3O. The Morgan fingerprint density at radius 2 is 2.00 bits per heavy atom. The Morgan fingerprint density at radius 1 is 1.23 bits per heavy atom. The van der Waals surface area contributed by atoms with Crippen molar-refractivity contribution in [1.29, 1.82) is 5.26 Å². The van der Waals surface area contributed by atoms with Crippen molar-refractivity contribution in [2.24, 2.45) is 5.41 Å². The Labute approximate surface area is 158 Å². The van der Waals surface area contributed by atoms with E-state index in [0.717, 1.165) is 24.0 Å². The first-order valence-electron chi connectivity index (χ1n) is 8.53. The van der Waals surface area contributed by atoms with Gasteiger partial charge in [0.05, 0.1) is 17.3 Å². The fourth-order valence-electron chi connectivity index (χ4n) is 3.33. The summed E-state index contributed by atoms with van der Waals surface area (Å²) in [6.07, 6.45) is 1.59. The Balaban J connectivity index is 1.97. The zero-order valence-corrected chi connectivity index (χ0v) is 15.5. The molecule has 26 heavy (non-hydrogen) atoms. The first-order chi connectivity index (χ1) is 12.5. The van der Waals surface area contributed by atoms with Crippen molar-refractivity contribution >= 4 is 29.0 Å². The second-order valence-electron chi connectivity index (χ2n) is 6.70. The van der Waals surface area contributed by atoms with Crippen LogP contribution in [0.2, 0.25) is 5.02 Å². The summed E-state index contributed by atoms with van der Waals surface area (Å²) in [6, 6.07) is 16.8. The van der Waals surface area contributed by atoms with Gasteiger partial charge in [-0.25, -0.2) is 4.79 Å². The summed E-state index contributed by atoms with van der Waals surface area (Å²) >= 11 is 5.96. The molecule has 0 bridgehead atoms. The highest BCUT2D eigenvalue weighted by atomic mass is 35.5. The molecule has 0 fully saturated rings. The summed E-state index contributed by atoms with van der Waals surface area (Å²) in [6.45, 7) is 4.13. The van der Waals surface area contributed by atoms with E-state index in [9.17, 15) is 10.1 Å². The van der Waals surface area contributed by atoms with E-state index in [4.69, 9.17) is 11.6 Å². The average Bonchev–Trinajstić information content (AvgIpc) is 2.61. The summed E-state index contributed by atoms with van der Waals surface area (Å²) < 4.78 is 0. The van der Waals surface area contributed by atoms with Gasteiger partial charge in [0.1, 0.15) is 0 Å². The molecule has 2 aromatic carbocycles. The number of urea groups is 1. The lowest BCUT2D eigenvalue weighted by molar-refractivity contribution is 0.255. The number of carbonyl (C=O) groups is 1. The number of allylic oxidation sites excluding steroid dienone is 1. The number of halogens is 1. The van der Waals surface area contributed by atoms with Crippen molar-refractivity contribution in [3.63, 3.8) is 0 Å². The van der Waals surface area contributed by atoms with Crippen LogP contribution in [0.5, 0.6) is 0 Å². The van der Waals surface area contributed by atoms with E-state index in [2.05, 4.69) is 30.6 Å². The van der Waals surface area contributed by atoms with Crippen LogP contribution in [-0.4, -0.2) is 6.03 Å². The average molecular weight is 366 g/mol. The molecule has 0 unspecified atom stereocenters. The van der Waals surface area contributed by atoms with Gasteiger partial charge >= 0.3 is 6.03 Å². The van der Waals surface area contributed by atoms with E-state index in [-0.39, 0.29) is 5.41 Å². The number of benzene rings is 2. The molecule has 1 aliphatic rings. The molecule has 4 nitrogen and oxygen atoms in total. The van der Waals surface area contributed by atoms with Crippen molar-refractivity contribution in [2.45, 2.75) is 26.7 Å². The molecule has 1 atom stereocenters. The molecule has 2 amide bonds. The highest BCUT2D eigenvalue weighted by Crippen LogP contribution is 2.43. The topological polar surface area (TPSA) is 64.9 Å². The number of fused-ring (bicyclic) bond motifs is 1. The molecule has 2 aromatic rings. The summed E-state index contributed by atoms with van der Waals surface area (Å²) in [5, 5.41) is 16.0. The van der Waals surface area contributed by atoms with Crippen LogP contribution in [0.15, 0.2) is 54.1 Å². The third kappa shape index (κ3) is 3.44. The van der Waals surface area contributed by atoms with Gasteiger partial charge in [0.25, 0.3) is 0 Å². The maximum atomic E-state index is 12.6. The molecule has 0 saturated carbocycles. The largest absolute Gasteiger partial charge is 0.323 e. The van der Waals surface area contributed by atoms with E-state index in [0.29, 0.717) is 22.0 Å². The second kappa shape index (κ2) is 7.23. The minimum absolute atomic E-state index is 0.304. The number of anilines is 1. The molecule has 132 valence electrons. The van der Waals surface area contributed by atoms with Crippen LogP contribution in [0.3, 0.4) is 0 Å². The normalized spacial score (nSPS) is 18.7. The summed E-state index contributed by atoms with van der Waals surface area (Å²) in [7, 11) is 0. The summed E-state index contributed by atoms with van der Waals surface area (Å²) in [5.74, 6) is 0. The highest BCUT2D eigenvalue weighted by molar-refractivity contribution is 6.30. The van der Waals surface area contributed by atoms with Gasteiger partial charge in [-0.2, -0.15) is 5.26 Å². The number of amides is 2. The molecule has 3 rings (SSSR count). The Morgan fingerprint density at radius 3 is 2.69 bits per heavy atom. The summed E-state index contributed by atoms with van der Waals surface area (Å²) in [4.78, 5) is 12.6. The number of hydrogen-bond acceptors (Lipinski definition) is 2. The Kier molecular flexibility index (Phi) is 5.01. The molecule has 1 aliphatic carbocycles. The van der Waals surface area contributed by atoms with Crippen LogP contribution in [0.1, 0.15) is 31.4 Å². The Hall–Kier alpha value is -2.77. The fraction of sp³-hybridized carbons (Fsp3) is 0.238. The fourth-order valence-corrected chi connectivity index (χ4v) is 3.52. The van der Waals surface area contributed by atoms with Crippen LogP contribution in [-0.2, 0) is 6.42 Å². The molecule has 0 radical (unpaired) electrons. The van der Waals surface area contributed by atoms with Gasteiger partial charge in [-0.1, -0.05) is 55.8 Å². The standard InChI is InChI=1S/C21H20ClN3O/c1-3-21(2)12-14-7-4-5-10-17(14)19(18(21)13-23)25-20(26)24-16-9-6-8-15(22)11-16/h4-11H,3,12H2,1-2H3,(H2,24,25,26)/t21-/m0/s1. The maximum absolute atomic E-state index is 12.6. The van der Waals surface area contributed by atoms with Crippen molar-refractivity contribution in [3.05, 3.63) is 70.3 Å². The zero-order valence-electron chi connectivity index (χ0n) is 14.8. The molecule has 0 aromatic heterocycles. The van der Waals surface area contributed by atoms with Gasteiger partial charge in [0.15, 0.2) is 0 Å². The molecule has 0 heterocycles. The van der Waals surface area contributed by atoms with Crippen LogP contribution in [0.25, 0.3) is 5.70 Å². The zero-order chi connectivity index (χ0) is 18.7. The summed E-state index contributed by atoms with van der Waals surface area (Å²) in [5.41, 5.74) is 3.52. The van der Waals surface area contributed by atoms with Crippen molar-refractivity contribution in [1.82, 2.24) is 5.32 Å². The lowest BCUT2D eigenvalue weighted by Crippen LogP contribution is -2.35. The van der Waals surface area contributed by atoms with Crippen LogP contribution >= 0.6 is 11.6 Å². The van der Waals surface area contributed by atoms with Gasteiger partial charge in [-0.05, 0) is 36.6 Å². The van der Waals surface area contributed by atoms with Crippen molar-refractivity contribution in [3.8, 4) is 6.07 Å². The third-order valence-corrected chi connectivity index (χ3v) is 5.17. The van der Waals surface area contributed by atoms with Gasteiger partial charge in [-0.15, -0.1) is 0 Å². The minimum Gasteiger partial charge on any atom is -0.308 e. The third-order valence-electron chi connectivity index (χ3n) is 4.93. The SMILES string of the molecule is CC[C@@]1(C)Cc2ccccc2C(NC(=O)Nc2cccc(Cl)c2)=C1C#N. The quantitative estimate of drug-likeness (QED) is 0.768. The molecule has 0 spiro atoms. The van der Waals surface area contributed by atoms with Gasteiger partial charge in [-0.3, -0.25) is 0 Å². The number of nitrogens with zero attached hydrogens (tertiary/aromatic N) is 1. The number of rotatable bonds is 3. The predicted molar refractivity (Wildman–Crippen MR) is 105 cm³/mol. The molecule has 2 N–H and O–H groups in total. The molecule has 0 saturated heterocycles. The second-order valence-corrected chi connectivity index (χ2v) is 7.14. The maximum Gasteiger partial charge on any atom is 0.323 e.